The van der Waals surface area contributed by atoms with Crippen molar-refractivity contribution in [3.63, 3.8) is 0 Å². The molecule has 0 aliphatic carbocycles. The quantitative estimate of drug-likeness (QED) is 0.431. The first-order valence-corrected chi connectivity index (χ1v) is 3.30. The van der Waals surface area contributed by atoms with Crippen molar-refractivity contribution < 1.29 is 14.3 Å². The molecule has 0 heterocycles. The first-order valence-electron chi connectivity index (χ1n) is 3.30. The van der Waals surface area contributed by atoms with E-state index in [2.05, 4.69) is 4.74 Å². The van der Waals surface area contributed by atoms with E-state index in [4.69, 9.17) is 0 Å². The highest BCUT2D eigenvalue weighted by molar-refractivity contribution is 5.85. The Labute approximate surface area is 60.4 Å². The van der Waals surface area contributed by atoms with Crippen LogP contribution in [0.2, 0.25) is 0 Å². The van der Waals surface area contributed by atoms with E-state index in [1.165, 1.54) is 6.92 Å². The molecule has 0 fully saturated rings. The maximum Gasteiger partial charge on any atom is 0.316 e. The standard InChI is InChI=1S/C7H12O3/c1-4-5(2)7(9)10-6(3)8/h5H,4H2,1-3H3. The van der Waals surface area contributed by atoms with Gasteiger partial charge in [0.25, 0.3) is 0 Å². The molecule has 0 N–H and O–H groups in total. The molecule has 0 amide bonds. The van der Waals surface area contributed by atoms with E-state index >= 15 is 0 Å². The summed E-state index contributed by atoms with van der Waals surface area (Å²) in [6.45, 7) is 4.82. The zero-order valence-corrected chi connectivity index (χ0v) is 6.51. The Bertz CT molecular complexity index is 140. The zero-order chi connectivity index (χ0) is 8.15. The van der Waals surface area contributed by atoms with Gasteiger partial charge in [-0.1, -0.05) is 13.8 Å². The van der Waals surface area contributed by atoms with E-state index in [-0.39, 0.29) is 5.92 Å². The van der Waals surface area contributed by atoms with Crippen LogP contribution in [0.4, 0.5) is 0 Å². The van der Waals surface area contributed by atoms with Crippen molar-refractivity contribution in [2.24, 2.45) is 5.92 Å². The first kappa shape index (κ1) is 9.14. The highest BCUT2D eigenvalue weighted by Crippen LogP contribution is 2.02. The number of hydrogen-bond donors (Lipinski definition) is 0. The van der Waals surface area contributed by atoms with E-state index < -0.39 is 11.9 Å². The summed E-state index contributed by atoms with van der Waals surface area (Å²) >= 11 is 0. The van der Waals surface area contributed by atoms with E-state index in [0.717, 1.165) is 0 Å². The lowest BCUT2D eigenvalue weighted by Gasteiger charge is -2.04. The summed E-state index contributed by atoms with van der Waals surface area (Å²) in [6, 6.07) is 0. The van der Waals surface area contributed by atoms with Crippen LogP contribution in [0.3, 0.4) is 0 Å². The highest BCUT2D eigenvalue weighted by atomic mass is 16.6. The van der Waals surface area contributed by atoms with Gasteiger partial charge >= 0.3 is 11.9 Å². The van der Waals surface area contributed by atoms with Gasteiger partial charge in [0, 0.05) is 6.92 Å². The lowest BCUT2D eigenvalue weighted by atomic mass is 10.1. The zero-order valence-electron chi connectivity index (χ0n) is 6.51. The summed E-state index contributed by atoms with van der Waals surface area (Å²) in [4.78, 5) is 21.0. The van der Waals surface area contributed by atoms with Crippen LogP contribution in [0.5, 0.6) is 0 Å². The Morgan fingerprint density at radius 3 is 2.30 bits per heavy atom. The summed E-state index contributed by atoms with van der Waals surface area (Å²) in [6.07, 6.45) is 0.701. The summed E-state index contributed by atoms with van der Waals surface area (Å²) < 4.78 is 4.33. The van der Waals surface area contributed by atoms with Crippen molar-refractivity contribution in [1.29, 1.82) is 0 Å². The minimum Gasteiger partial charge on any atom is -0.393 e. The summed E-state index contributed by atoms with van der Waals surface area (Å²) in [7, 11) is 0. The largest absolute Gasteiger partial charge is 0.393 e. The smallest absolute Gasteiger partial charge is 0.316 e. The Morgan fingerprint density at radius 2 is 2.00 bits per heavy atom. The number of esters is 2. The Hall–Kier alpha value is -0.860. The van der Waals surface area contributed by atoms with Gasteiger partial charge in [-0.3, -0.25) is 9.59 Å². The molecule has 3 nitrogen and oxygen atoms in total. The van der Waals surface area contributed by atoms with E-state index in [0.29, 0.717) is 6.42 Å². The van der Waals surface area contributed by atoms with Crippen LogP contribution >= 0.6 is 0 Å². The molecule has 1 atom stereocenters. The molecule has 0 aromatic heterocycles. The second-order valence-corrected chi connectivity index (χ2v) is 2.22. The molecule has 3 heteroatoms. The van der Waals surface area contributed by atoms with Crippen LogP contribution in [-0.2, 0) is 14.3 Å². The maximum absolute atomic E-state index is 10.7. The Kier molecular flexibility index (Phi) is 3.69. The topological polar surface area (TPSA) is 43.4 Å². The van der Waals surface area contributed by atoms with Crippen molar-refractivity contribution in [2.75, 3.05) is 0 Å². The van der Waals surface area contributed by atoms with E-state index in [1.54, 1.807) is 6.92 Å². The highest BCUT2D eigenvalue weighted by Gasteiger charge is 2.13. The van der Waals surface area contributed by atoms with Crippen LogP contribution in [0.15, 0.2) is 0 Å². The number of hydrogen-bond acceptors (Lipinski definition) is 3. The van der Waals surface area contributed by atoms with Gasteiger partial charge in [-0.25, -0.2) is 0 Å². The van der Waals surface area contributed by atoms with Gasteiger partial charge in [-0.05, 0) is 6.42 Å². The van der Waals surface area contributed by atoms with Crippen molar-refractivity contribution in [3.05, 3.63) is 0 Å². The first-order chi connectivity index (χ1) is 4.57. The van der Waals surface area contributed by atoms with Crippen molar-refractivity contribution >= 4 is 11.9 Å². The van der Waals surface area contributed by atoms with Gasteiger partial charge in [0.05, 0.1) is 5.92 Å². The third-order valence-electron chi connectivity index (χ3n) is 1.26. The van der Waals surface area contributed by atoms with Gasteiger partial charge < -0.3 is 4.74 Å². The molecule has 0 spiro atoms. The average molecular weight is 144 g/mol. The minimum atomic E-state index is -0.537. The molecule has 58 valence electrons. The third kappa shape index (κ3) is 3.22. The Morgan fingerprint density at radius 1 is 1.50 bits per heavy atom. The molecule has 0 aromatic carbocycles. The molecular formula is C7H12O3. The van der Waals surface area contributed by atoms with Crippen LogP contribution in [0, 0.1) is 5.92 Å². The predicted molar refractivity (Wildman–Crippen MR) is 36.2 cm³/mol. The summed E-state index contributed by atoms with van der Waals surface area (Å²) in [5, 5.41) is 0. The van der Waals surface area contributed by atoms with Gasteiger partial charge in [-0.15, -0.1) is 0 Å². The fourth-order valence-electron chi connectivity index (χ4n) is 0.409. The fourth-order valence-corrected chi connectivity index (χ4v) is 0.409. The van der Waals surface area contributed by atoms with Gasteiger partial charge in [0.1, 0.15) is 0 Å². The number of rotatable bonds is 2. The van der Waals surface area contributed by atoms with Crippen LogP contribution in [0.25, 0.3) is 0 Å². The third-order valence-corrected chi connectivity index (χ3v) is 1.26. The second kappa shape index (κ2) is 4.04. The number of ether oxygens (including phenoxy) is 1. The SMILES string of the molecule is CCC(C)C(=O)OC(C)=O. The normalized spacial score (nSPS) is 12.3. The molecule has 0 aliphatic rings. The molecule has 0 radical (unpaired) electrons. The molecular weight excluding hydrogens is 132 g/mol. The van der Waals surface area contributed by atoms with Gasteiger partial charge in [0.2, 0.25) is 0 Å². The lowest BCUT2D eigenvalue weighted by Crippen LogP contribution is -2.16. The van der Waals surface area contributed by atoms with Crippen LogP contribution < -0.4 is 0 Å². The maximum atomic E-state index is 10.7. The van der Waals surface area contributed by atoms with Crippen molar-refractivity contribution in [1.82, 2.24) is 0 Å². The summed E-state index contributed by atoms with van der Waals surface area (Å²) in [5.74, 6) is -1.15. The number of carbonyl (C=O) groups excluding carboxylic acids is 2. The molecule has 0 saturated heterocycles. The van der Waals surface area contributed by atoms with Crippen LogP contribution in [0.1, 0.15) is 27.2 Å². The van der Waals surface area contributed by atoms with Gasteiger partial charge in [-0.2, -0.15) is 0 Å². The predicted octanol–water partition coefficient (Wildman–Crippen LogP) is 1.12. The summed E-state index contributed by atoms with van der Waals surface area (Å²) in [5.41, 5.74) is 0. The molecule has 0 rings (SSSR count). The Balaban J connectivity index is 3.73. The average Bonchev–Trinajstić information content (AvgIpc) is 1.85. The monoisotopic (exact) mass is 144 g/mol. The second-order valence-electron chi connectivity index (χ2n) is 2.22. The van der Waals surface area contributed by atoms with Crippen molar-refractivity contribution in [2.45, 2.75) is 27.2 Å². The molecule has 10 heavy (non-hydrogen) atoms. The molecule has 0 aromatic rings. The number of carbonyl (C=O) groups is 2. The van der Waals surface area contributed by atoms with Crippen LogP contribution in [-0.4, -0.2) is 11.9 Å². The fraction of sp³-hybridized carbons (Fsp3) is 0.714. The minimum absolute atomic E-state index is 0.177. The van der Waals surface area contributed by atoms with E-state index in [9.17, 15) is 9.59 Å². The molecule has 0 bridgehead atoms. The van der Waals surface area contributed by atoms with Gasteiger partial charge in [0.15, 0.2) is 0 Å². The lowest BCUT2D eigenvalue weighted by molar-refractivity contribution is -0.160. The molecule has 0 saturated carbocycles. The van der Waals surface area contributed by atoms with Crippen molar-refractivity contribution in [3.8, 4) is 0 Å². The molecule has 0 aliphatic heterocycles. The molecule has 1 unspecified atom stereocenters. The van der Waals surface area contributed by atoms with E-state index in [1.807, 2.05) is 6.92 Å².